The number of ketones is 1. The summed E-state index contributed by atoms with van der Waals surface area (Å²) < 4.78 is 0. The van der Waals surface area contributed by atoms with Crippen LogP contribution in [0.5, 0.6) is 0 Å². The van der Waals surface area contributed by atoms with E-state index in [0.717, 1.165) is 32.6 Å². The van der Waals surface area contributed by atoms with E-state index in [2.05, 4.69) is 17.1 Å². The standard InChI is InChI=1S/C14H15NOS/c1-8-5-11-7-9(2)14(17-4)15-13(11)12(6-8)10(3)16/h5-7H,1-4H3. The number of carbonyl (C=O) groups is 1. The molecule has 1 heterocycles. The highest BCUT2D eigenvalue weighted by molar-refractivity contribution is 7.98. The van der Waals surface area contributed by atoms with Crippen LogP contribution in [0.1, 0.15) is 28.4 Å². The second-order valence-corrected chi connectivity index (χ2v) is 5.05. The van der Waals surface area contributed by atoms with Gasteiger partial charge in [0.1, 0.15) is 0 Å². The Morgan fingerprint density at radius 3 is 2.53 bits per heavy atom. The predicted molar refractivity (Wildman–Crippen MR) is 73.0 cm³/mol. The van der Waals surface area contributed by atoms with Crippen LogP contribution >= 0.6 is 11.8 Å². The van der Waals surface area contributed by atoms with Crippen LogP contribution < -0.4 is 0 Å². The largest absolute Gasteiger partial charge is 0.294 e. The van der Waals surface area contributed by atoms with E-state index in [1.54, 1.807) is 18.7 Å². The Labute approximate surface area is 105 Å². The van der Waals surface area contributed by atoms with E-state index in [0.29, 0.717) is 0 Å². The van der Waals surface area contributed by atoms with Crippen molar-refractivity contribution in [1.29, 1.82) is 0 Å². The summed E-state index contributed by atoms with van der Waals surface area (Å²) in [5.74, 6) is 0.0714. The van der Waals surface area contributed by atoms with E-state index < -0.39 is 0 Å². The Balaban J connectivity index is 2.86. The van der Waals surface area contributed by atoms with Gasteiger partial charge in [0.2, 0.25) is 0 Å². The minimum atomic E-state index is 0.0714. The van der Waals surface area contributed by atoms with Crippen molar-refractivity contribution >= 4 is 28.4 Å². The molecule has 0 aliphatic carbocycles. The Kier molecular flexibility index (Phi) is 3.20. The number of aromatic nitrogens is 1. The zero-order chi connectivity index (χ0) is 12.6. The SMILES string of the molecule is CSc1nc2c(C(C)=O)cc(C)cc2cc1C. The van der Waals surface area contributed by atoms with E-state index in [4.69, 9.17) is 0 Å². The maximum absolute atomic E-state index is 11.6. The first kappa shape index (κ1) is 12.1. The van der Waals surface area contributed by atoms with Crippen molar-refractivity contribution in [1.82, 2.24) is 4.98 Å². The summed E-state index contributed by atoms with van der Waals surface area (Å²) in [7, 11) is 0. The van der Waals surface area contributed by atoms with Gasteiger partial charge in [0.05, 0.1) is 10.5 Å². The number of benzene rings is 1. The molecule has 0 spiro atoms. The molecular formula is C14H15NOS. The number of hydrogen-bond donors (Lipinski definition) is 0. The van der Waals surface area contributed by atoms with Crippen molar-refractivity contribution in [3.8, 4) is 0 Å². The zero-order valence-electron chi connectivity index (χ0n) is 10.5. The predicted octanol–water partition coefficient (Wildman–Crippen LogP) is 3.78. The lowest BCUT2D eigenvalue weighted by atomic mass is 10.0. The summed E-state index contributed by atoms with van der Waals surface area (Å²) in [5, 5.41) is 2.04. The molecule has 0 aliphatic heterocycles. The van der Waals surface area contributed by atoms with Crippen molar-refractivity contribution < 1.29 is 4.79 Å². The van der Waals surface area contributed by atoms with Gasteiger partial charge < -0.3 is 0 Å². The van der Waals surface area contributed by atoms with Gasteiger partial charge in [-0.15, -0.1) is 11.8 Å². The molecule has 0 atom stereocenters. The average molecular weight is 245 g/mol. The molecule has 1 aromatic carbocycles. The van der Waals surface area contributed by atoms with Crippen LogP contribution in [0, 0.1) is 13.8 Å². The monoisotopic (exact) mass is 245 g/mol. The molecule has 0 radical (unpaired) electrons. The number of aryl methyl sites for hydroxylation is 2. The van der Waals surface area contributed by atoms with E-state index in [1.165, 1.54) is 0 Å². The smallest absolute Gasteiger partial charge is 0.162 e. The number of thioether (sulfide) groups is 1. The summed E-state index contributed by atoms with van der Waals surface area (Å²) in [6.45, 7) is 5.65. The minimum absolute atomic E-state index is 0.0714. The van der Waals surface area contributed by atoms with E-state index in [-0.39, 0.29) is 5.78 Å². The van der Waals surface area contributed by atoms with Gasteiger partial charge in [-0.25, -0.2) is 4.98 Å². The van der Waals surface area contributed by atoms with Crippen LogP contribution in [0.4, 0.5) is 0 Å². The zero-order valence-corrected chi connectivity index (χ0v) is 11.3. The van der Waals surface area contributed by atoms with Crippen LogP contribution in [0.15, 0.2) is 23.2 Å². The third kappa shape index (κ3) is 2.20. The third-order valence-electron chi connectivity index (χ3n) is 2.78. The molecule has 17 heavy (non-hydrogen) atoms. The van der Waals surface area contributed by atoms with Gasteiger partial charge in [0.15, 0.2) is 5.78 Å². The second kappa shape index (κ2) is 4.49. The number of pyridine rings is 1. The molecule has 0 saturated heterocycles. The van der Waals surface area contributed by atoms with Gasteiger partial charge in [0.25, 0.3) is 0 Å². The van der Waals surface area contributed by atoms with E-state index >= 15 is 0 Å². The molecule has 0 fully saturated rings. The molecule has 2 rings (SSSR count). The second-order valence-electron chi connectivity index (χ2n) is 4.25. The van der Waals surface area contributed by atoms with Gasteiger partial charge in [0, 0.05) is 10.9 Å². The maximum Gasteiger partial charge on any atom is 0.162 e. The highest BCUT2D eigenvalue weighted by Crippen LogP contribution is 2.26. The lowest BCUT2D eigenvalue weighted by molar-refractivity contribution is 0.101. The first-order valence-corrected chi connectivity index (χ1v) is 6.72. The Hall–Kier alpha value is -1.35. The molecule has 0 saturated carbocycles. The number of nitrogens with zero attached hydrogens (tertiary/aromatic N) is 1. The van der Waals surface area contributed by atoms with Crippen LogP contribution in [-0.2, 0) is 0 Å². The molecular weight excluding hydrogens is 230 g/mol. The van der Waals surface area contributed by atoms with Gasteiger partial charge >= 0.3 is 0 Å². The Bertz CT molecular complexity index is 605. The van der Waals surface area contributed by atoms with E-state index in [1.807, 2.05) is 26.2 Å². The van der Waals surface area contributed by atoms with Crippen molar-refractivity contribution in [3.63, 3.8) is 0 Å². The fourth-order valence-electron chi connectivity index (χ4n) is 2.00. The molecule has 3 heteroatoms. The van der Waals surface area contributed by atoms with Gasteiger partial charge in [-0.05, 0) is 56.4 Å². The molecule has 0 amide bonds. The highest BCUT2D eigenvalue weighted by atomic mass is 32.2. The van der Waals surface area contributed by atoms with Crippen LogP contribution in [0.2, 0.25) is 0 Å². The molecule has 0 aliphatic rings. The summed E-state index contributed by atoms with van der Waals surface area (Å²) in [5.41, 5.74) is 3.79. The van der Waals surface area contributed by atoms with Crippen molar-refractivity contribution in [2.75, 3.05) is 6.26 Å². The summed E-state index contributed by atoms with van der Waals surface area (Å²) in [4.78, 5) is 16.2. The fraction of sp³-hybridized carbons (Fsp3) is 0.286. The third-order valence-corrected chi connectivity index (χ3v) is 3.58. The maximum atomic E-state index is 11.6. The molecule has 88 valence electrons. The van der Waals surface area contributed by atoms with Crippen LogP contribution in [0.3, 0.4) is 0 Å². The normalized spacial score (nSPS) is 10.8. The highest BCUT2D eigenvalue weighted by Gasteiger charge is 2.10. The number of hydrogen-bond acceptors (Lipinski definition) is 3. The first-order chi connectivity index (χ1) is 8.02. The van der Waals surface area contributed by atoms with Crippen LogP contribution in [-0.4, -0.2) is 17.0 Å². The molecule has 0 bridgehead atoms. The minimum Gasteiger partial charge on any atom is -0.294 e. The summed E-state index contributed by atoms with van der Waals surface area (Å²) >= 11 is 1.61. The summed E-state index contributed by atoms with van der Waals surface area (Å²) in [6, 6.07) is 6.09. The number of rotatable bonds is 2. The number of Topliss-reactive ketones (excluding diaryl/α,β-unsaturated/α-hetero) is 1. The quantitative estimate of drug-likeness (QED) is 0.596. The molecule has 0 unspecified atom stereocenters. The first-order valence-electron chi connectivity index (χ1n) is 5.50. The van der Waals surface area contributed by atoms with E-state index in [9.17, 15) is 4.79 Å². The average Bonchev–Trinajstić information content (AvgIpc) is 2.26. The summed E-state index contributed by atoms with van der Waals surface area (Å²) in [6.07, 6.45) is 2.00. The Morgan fingerprint density at radius 1 is 1.24 bits per heavy atom. The Morgan fingerprint density at radius 2 is 1.94 bits per heavy atom. The fourth-order valence-corrected chi connectivity index (χ4v) is 2.56. The number of carbonyl (C=O) groups excluding carboxylic acids is 1. The van der Waals surface area contributed by atoms with Gasteiger partial charge in [-0.1, -0.05) is 0 Å². The number of fused-ring (bicyclic) bond motifs is 1. The van der Waals surface area contributed by atoms with Crippen LogP contribution in [0.25, 0.3) is 10.9 Å². The van der Waals surface area contributed by atoms with Gasteiger partial charge in [-0.3, -0.25) is 4.79 Å². The van der Waals surface area contributed by atoms with Gasteiger partial charge in [-0.2, -0.15) is 0 Å². The molecule has 0 N–H and O–H groups in total. The molecule has 2 nitrogen and oxygen atoms in total. The molecule has 2 aromatic rings. The lowest BCUT2D eigenvalue weighted by Crippen LogP contribution is -1.98. The van der Waals surface area contributed by atoms with Crippen molar-refractivity contribution in [2.45, 2.75) is 25.8 Å². The van der Waals surface area contributed by atoms with Crippen molar-refractivity contribution in [2.24, 2.45) is 0 Å². The van der Waals surface area contributed by atoms with Crippen molar-refractivity contribution in [3.05, 3.63) is 34.9 Å². The lowest BCUT2D eigenvalue weighted by Gasteiger charge is -2.09. The topological polar surface area (TPSA) is 30.0 Å². The molecule has 1 aromatic heterocycles.